The molecule has 2 aromatic carbocycles. The minimum Gasteiger partial charge on any atom is -0.476 e. The Balaban J connectivity index is 1.46. The van der Waals surface area contributed by atoms with Crippen molar-refractivity contribution in [3.05, 3.63) is 65.9 Å². The molecule has 0 aliphatic rings. The number of rotatable bonds is 9. The van der Waals surface area contributed by atoms with Crippen molar-refractivity contribution in [3.8, 4) is 17.1 Å². The summed E-state index contributed by atoms with van der Waals surface area (Å²) < 4.78 is 11.5. The molecule has 0 fully saturated rings. The summed E-state index contributed by atoms with van der Waals surface area (Å²) in [7, 11) is 0. The van der Waals surface area contributed by atoms with Crippen LogP contribution in [0.5, 0.6) is 5.88 Å². The fourth-order valence-corrected chi connectivity index (χ4v) is 3.49. The normalized spacial score (nSPS) is 11.4. The maximum absolute atomic E-state index is 5.81. The van der Waals surface area contributed by atoms with E-state index in [1.807, 2.05) is 31.2 Å². The van der Waals surface area contributed by atoms with Gasteiger partial charge < -0.3 is 9.15 Å². The van der Waals surface area contributed by atoms with Gasteiger partial charge in [-0.05, 0) is 49.9 Å². The number of hydrogen-bond donors (Lipinski definition) is 0. The molecule has 0 unspecified atom stereocenters. The zero-order chi connectivity index (χ0) is 21.6. The Morgan fingerprint density at radius 2 is 1.68 bits per heavy atom. The van der Waals surface area contributed by atoms with Gasteiger partial charge in [0.1, 0.15) is 5.69 Å². The van der Waals surface area contributed by atoms with Crippen LogP contribution in [-0.2, 0) is 12.8 Å². The summed E-state index contributed by atoms with van der Waals surface area (Å²) >= 11 is 0. The first kappa shape index (κ1) is 21.0. The van der Waals surface area contributed by atoms with Gasteiger partial charge in [0, 0.05) is 17.9 Å². The van der Waals surface area contributed by atoms with Crippen molar-refractivity contribution in [1.82, 2.24) is 20.2 Å². The van der Waals surface area contributed by atoms with Gasteiger partial charge in [-0.1, -0.05) is 44.2 Å². The topological polar surface area (TPSA) is 73.9 Å². The summed E-state index contributed by atoms with van der Waals surface area (Å²) in [5.74, 6) is 2.29. The highest BCUT2D eigenvalue weighted by Crippen LogP contribution is 2.29. The molecule has 4 aromatic rings. The third kappa shape index (κ3) is 5.08. The lowest BCUT2D eigenvalue weighted by atomic mass is 10.0. The molecule has 0 aliphatic carbocycles. The lowest BCUT2D eigenvalue weighted by Crippen LogP contribution is -2.00. The maximum Gasteiger partial charge on any atom is 0.241 e. The molecule has 0 aliphatic heterocycles. The van der Waals surface area contributed by atoms with Gasteiger partial charge in [-0.2, -0.15) is 0 Å². The fraction of sp³-hybridized carbons (Fsp3) is 0.360. The first-order chi connectivity index (χ1) is 15.1. The SMILES string of the molecule is CCOc1nc2ccccc2nc1-c1cccc(CCCCc2nnc(C(C)C)o2)c1. The number of para-hydroxylation sites is 2. The van der Waals surface area contributed by atoms with Crippen LogP contribution in [0.15, 0.2) is 52.9 Å². The summed E-state index contributed by atoms with van der Waals surface area (Å²) in [6.45, 7) is 6.63. The summed E-state index contributed by atoms with van der Waals surface area (Å²) in [4.78, 5) is 9.53. The van der Waals surface area contributed by atoms with Gasteiger partial charge in [0.2, 0.25) is 17.7 Å². The Bertz CT molecular complexity index is 1150. The molecule has 0 atom stereocenters. The quantitative estimate of drug-likeness (QED) is 0.323. The van der Waals surface area contributed by atoms with Crippen LogP contribution in [0.3, 0.4) is 0 Å². The Labute approximate surface area is 182 Å². The van der Waals surface area contributed by atoms with Crippen LogP contribution in [-0.4, -0.2) is 26.8 Å². The molecule has 2 heterocycles. The van der Waals surface area contributed by atoms with E-state index in [1.165, 1.54) is 5.56 Å². The Morgan fingerprint density at radius 3 is 2.42 bits per heavy atom. The summed E-state index contributed by atoms with van der Waals surface area (Å²) in [6, 6.07) is 16.4. The minimum atomic E-state index is 0.267. The number of nitrogens with zero attached hydrogens (tertiary/aromatic N) is 4. The minimum absolute atomic E-state index is 0.267. The number of benzene rings is 2. The van der Waals surface area contributed by atoms with Crippen molar-refractivity contribution in [3.63, 3.8) is 0 Å². The monoisotopic (exact) mass is 416 g/mol. The second kappa shape index (κ2) is 9.69. The molecule has 31 heavy (non-hydrogen) atoms. The van der Waals surface area contributed by atoms with E-state index in [2.05, 4.69) is 53.3 Å². The van der Waals surface area contributed by atoms with E-state index >= 15 is 0 Å². The van der Waals surface area contributed by atoms with Crippen molar-refractivity contribution in [1.29, 1.82) is 0 Å². The van der Waals surface area contributed by atoms with E-state index in [0.29, 0.717) is 18.4 Å². The highest BCUT2D eigenvalue weighted by molar-refractivity contribution is 5.79. The molecule has 4 rings (SSSR count). The van der Waals surface area contributed by atoms with Crippen LogP contribution >= 0.6 is 0 Å². The van der Waals surface area contributed by atoms with Crippen LogP contribution in [0.1, 0.15) is 56.9 Å². The Hall–Kier alpha value is -3.28. The molecule has 6 heteroatoms. The highest BCUT2D eigenvalue weighted by Gasteiger charge is 2.13. The highest BCUT2D eigenvalue weighted by atomic mass is 16.5. The van der Waals surface area contributed by atoms with Crippen LogP contribution in [0.2, 0.25) is 0 Å². The number of fused-ring (bicyclic) bond motifs is 1. The van der Waals surface area contributed by atoms with Crippen LogP contribution in [0.4, 0.5) is 0 Å². The predicted molar refractivity (Wildman–Crippen MR) is 121 cm³/mol. The molecule has 0 saturated heterocycles. The third-order valence-electron chi connectivity index (χ3n) is 5.10. The van der Waals surface area contributed by atoms with Gasteiger partial charge in [-0.15, -0.1) is 10.2 Å². The molecule has 0 bridgehead atoms. The second-order valence-electron chi connectivity index (χ2n) is 7.90. The van der Waals surface area contributed by atoms with E-state index in [0.717, 1.165) is 53.9 Å². The Kier molecular flexibility index (Phi) is 6.55. The lowest BCUT2D eigenvalue weighted by Gasteiger charge is -2.11. The fourth-order valence-electron chi connectivity index (χ4n) is 3.49. The van der Waals surface area contributed by atoms with Crippen LogP contribution in [0.25, 0.3) is 22.3 Å². The molecule has 0 amide bonds. The predicted octanol–water partition coefficient (Wildman–Crippen LogP) is 5.77. The van der Waals surface area contributed by atoms with E-state index < -0.39 is 0 Å². The molecule has 160 valence electrons. The maximum atomic E-state index is 5.81. The van der Waals surface area contributed by atoms with E-state index in [9.17, 15) is 0 Å². The van der Waals surface area contributed by atoms with Gasteiger partial charge in [0.05, 0.1) is 17.6 Å². The largest absolute Gasteiger partial charge is 0.476 e. The smallest absolute Gasteiger partial charge is 0.241 e. The van der Waals surface area contributed by atoms with Crippen molar-refractivity contribution >= 4 is 11.0 Å². The third-order valence-corrected chi connectivity index (χ3v) is 5.10. The lowest BCUT2D eigenvalue weighted by molar-refractivity contribution is 0.328. The van der Waals surface area contributed by atoms with Gasteiger partial charge >= 0.3 is 0 Å². The van der Waals surface area contributed by atoms with E-state index in [1.54, 1.807) is 0 Å². The number of hydrogen-bond acceptors (Lipinski definition) is 6. The van der Waals surface area contributed by atoms with E-state index in [4.69, 9.17) is 14.1 Å². The zero-order valence-corrected chi connectivity index (χ0v) is 18.3. The molecule has 0 N–H and O–H groups in total. The molecule has 0 spiro atoms. The number of aryl methyl sites for hydroxylation is 2. The molecule has 0 radical (unpaired) electrons. The molecular formula is C25H28N4O2. The van der Waals surface area contributed by atoms with Crippen molar-refractivity contribution in [2.24, 2.45) is 0 Å². The summed E-state index contributed by atoms with van der Waals surface area (Å²) in [6.07, 6.45) is 3.84. The van der Waals surface area contributed by atoms with Crippen molar-refractivity contribution in [2.45, 2.75) is 52.4 Å². The van der Waals surface area contributed by atoms with Gasteiger partial charge in [0.15, 0.2) is 0 Å². The van der Waals surface area contributed by atoms with Crippen LogP contribution < -0.4 is 4.74 Å². The average molecular weight is 417 g/mol. The summed E-state index contributed by atoms with van der Waals surface area (Å²) in [5.41, 5.74) is 4.79. The Morgan fingerprint density at radius 1 is 0.903 bits per heavy atom. The molecule has 2 aromatic heterocycles. The second-order valence-corrected chi connectivity index (χ2v) is 7.90. The number of aromatic nitrogens is 4. The number of ether oxygens (including phenoxy) is 1. The van der Waals surface area contributed by atoms with Gasteiger partial charge in [-0.25, -0.2) is 9.97 Å². The standard InChI is InChI=1S/C25H28N4O2/c1-4-30-25-23(26-20-13-6-7-14-21(20)27-25)19-12-9-11-18(16-19)10-5-8-15-22-28-29-24(31-22)17(2)3/h6-7,9,11-14,16-17H,4-5,8,10,15H2,1-3H3. The van der Waals surface area contributed by atoms with Crippen molar-refractivity contribution < 1.29 is 9.15 Å². The summed E-state index contributed by atoms with van der Waals surface area (Å²) in [5, 5.41) is 8.24. The van der Waals surface area contributed by atoms with Gasteiger partial charge in [-0.3, -0.25) is 0 Å². The number of unbranched alkanes of at least 4 members (excludes halogenated alkanes) is 1. The molecule has 6 nitrogen and oxygen atoms in total. The van der Waals surface area contributed by atoms with Crippen molar-refractivity contribution in [2.75, 3.05) is 6.61 Å². The zero-order valence-electron chi connectivity index (χ0n) is 18.3. The van der Waals surface area contributed by atoms with Gasteiger partial charge in [0.25, 0.3) is 0 Å². The van der Waals surface area contributed by atoms with Crippen LogP contribution in [0, 0.1) is 0 Å². The molecule has 0 saturated carbocycles. The van der Waals surface area contributed by atoms with E-state index in [-0.39, 0.29) is 5.92 Å². The first-order valence-corrected chi connectivity index (χ1v) is 10.9. The first-order valence-electron chi connectivity index (χ1n) is 10.9. The molecular weight excluding hydrogens is 388 g/mol. The average Bonchev–Trinajstić information content (AvgIpc) is 3.26.